The van der Waals surface area contributed by atoms with E-state index in [0.717, 1.165) is 18.4 Å². The monoisotopic (exact) mass is 276 g/mol. The van der Waals surface area contributed by atoms with E-state index in [2.05, 4.69) is 64.2 Å². The van der Waals surface area contributed by atoms with Crippen molar-refractivity contribution in [2.45, 2.75) is 57.7 Å². The Kier molecular flexibility index (Phi) is 4.22. The molecule has 106 valence electrons. The van der Waals surface area contributed by atoms with Crippen LogP contribution in [-0.2, 0) is 4.43 Å². The molecule has 0 amide bonds. The van der Waals surface area contributed by atoms with Gasteiger partial charge in [0.25, 0.3) is 0 Å². The van der Waals surface area contributed by atoms with Crippen LogP contribution < -0.4 is 0 Å². The first-order chi connectivity index (χ1) is 8.81. The average molecular weight is 276 g/mol. The van der Waals surface area contributed by atoms with E-state index in [1.807, 2.05) is 0 Å². The zero-order valence-electron chi connectivity index (χ0n) is 13.1. The molecule has 0 N–H and O–H groups in total. The van der Waals surface area contributed by atoms with Crippen LogP contribution >= 0.6 is 0 Å². The van der Waals surface area contributed by atoms with Gasteiger partial charge in [0.15, 0.2) is 8.32 Å². The van der Waals surface area contributed by atoms with E-state index in [0.29, 0.717) is 5.04 Å². The molecule has 0 saturated heterocycles. The summed E-state index contributed by atoms with van der Waals surface area (Å²) in [6, 6.07) is 10.9. The molecule has 2 rings (SSSR count). The maximum atomic E-state index is 6.39. The number of benzene rings is 1. The average Bonchev–Trinajstić information content (AvgIpc) is 2.27. The SMILES string of the molecule is CC(C)(C)[Si](C)(C)OC[C@H]1CC[C@@H]1c1ccccc1. The van der Waals surface area contributed by atoms with Gasteiger partial charge in [0.2, 0.25) is 0 Å². The van der Waals surface area contributed by atoms with Crippen LogP contribution in [0, 0.1) is 5.92 Å². The summed E-state index contributed by atoms with van der Waals surface area (Å²) < 4.78 is 6.39. The smallest absolute Gasteiger partial charge is 0.191 e. The molecule has 0 heterocycles. The van der Waals surface area contributed by atoms with Crippen molar-refractivity contribution in [3.8, 4) is 0 Å². The van der Waals surface area contributed by atoms with Crippen LogP contribution in [0.3, 0.4) is 0 Å². The number of rotatable bonds is 4. The first-order valence-electron chi connectivity index (χ1n) is 7.50. The largest absolute Gasteiger partial charge is 0.417 e. The lowest BCUT2D eigenvalue weighted by Gasteiger charge is -2.42. The van der Waals surface area contributed by atoms with Gasteiger partial charge in [-0.25, -0.2) is 0 Å². The van der Waals surface area contributed by atoms with Crippen LogP contribution in [0.25, 0.3) is 0 Å². The fourth-order valence-electron chi connectivity index (χ4n) is 2.44. The number of hydrogen-bond acceptors (Lipinski definition) is 1. The van der Waals surface area contributed by atoms with Gasteiger partial charge in [0.1, 0.15) is 0 Å². The molecule has 0 spiro atoms. The minimum Gasteiger partial charge on any atom is -0.417 e. The molecule has 0 bridgehead atoms. The summed E-state index contributed by atoms with van der Waals surface area (Å²) in [4.78, 5) is 0. The first kappa shape index (κ1) is 14.8. The summed E-state index contributed by atoms with van der Waals surface area (Å²) in [5.74, 6) is 1.46. The lowest BCUT2D eigenvalue weighted by Crippen LogP contribution is -2.43. The highest BCUT2D eigenvalue weighted by Gasteiger charge is 2.39. The molecule has 1 nitrogen and oxygen atoms in total. The second kappa shape index (κ2) is 5.41. The second-order valence-electron chi connectivity index (χ2n) is 7.43. The molecule has 0 unspecified atom stereocenters. The summed E-state index contributed by atoms with van der Waals surface area (Å²) in [5.41, 5.74) is 1.50. The van der Waals surface area contributed by atoms with E-state index in [1.165, 1.54) is 18.4 Å². The van der Waals surface area contributed by atoms with Gasteiger partial charge in [0, 0.05) is 6.61 Å². The highest BCUT2D eigenvalue weighted by molar-refractivity contribution is 6.74. The third-order valence-corrected chi connectivity index (χ3v) is 9.61. The van der Waals surface area contributed by atoms with Gasteiger partial charge < -0.3 is 4.43 Å². The Morgan fingerprint density at radius 2 is 1.74 bits per heavy atom. The Hall–Kier alpha value is -0.603. The van der Waals surface area contributed by atoms with E-state index >= 15 is 0 Å². The predicted octanol–water partition coefficient (Wildman–Crippen LogP) is 5.20. The van der Waals surface area contributed by atoms with Crippen molar-refractivity contribution in [1.82, 2.24) is 0 Å². The van der Waals surface area contributed by atoms with Crippen LogP contribution in [0.4, 0.5) is 0 Å². The summed E-state index contributed by atoms with van der Waals surface area (Å²) in [6.07, 6.45) is 2.66. The van der Waals surface area contributed by atoms with E-state index in [-0.39, 0.29) is 0 Å². The van der Waals surface area contributed by atoms with Gasteiger partial charge in [-0.15, -0.1) is 0 Å². The summed E-state index contributed by atoms with van der Waals surface area (Å²) in [5, 5.41) is 0.318. The molecule has 1 aromatic rings. The molecule has 1 saturated carbocycles. The summed E-state index contributed by atoms with van der Waals surface area (Å²) in [6.45, 7) is 12.6. The quantitative estimate of drug-likeness (QED) is 0.687. The molecule has 1 aromatic carbocycles. The summed E-state index contributed by atoms with van der Waals surface area (Å²) >= 11 is 0. The highest BCUT2D eigenvalue weighted by Crippen LogP contribution is 2.44. The fraction of sp³-hybridized carbons (Fsp3) is 0.647. The molecule has 0 radical (unpaired) electrons. The predicted molar refractivity (Wildman–Crippen MR) is 85.1 cm³/mol. The molecular formula is C17H28OSi. The van der Waals surface area contributed by atoms with Crippen LogP contribution in [0.5, 0.6) is 0 Å². The van der Waals surface area contributed by atoms with Crippen molar-refractivity contribution in [2.75, 3.05) is 6.61 Å². The Bertz CT molecular complexity index is 405. The Balaban J connectivity index is 1.91. The third kappa shape index (κ3) is 3.29. The van der Waals surface area contributed by atoms with Gasteiger partial charge in [-0.3, -0.25) is 0 Å². The minimum atomic E-state index is -1.58. The van der Waals surface area contributed by atoms with Crippen molar-refractivity contribution >= 4 is 8.32 Å². The molecule has 2 atom stereocenters. The molecule has 1 aliphatic carbocycles. The molecular weight excluding hydrogens is 248 g/mol. The topological polar surface area (TPSA) is 9.23 Å². The molecule has 0 aromatic heterocycles. The van der Waals surface area contributed by atoms with Gasteiger partial charge in [-0.05, 0) is 48.4 Å². The van der Waals surface area contributed by atoms with Crippen LogP contribution in [0.1, 0.15) is 45.1 Å². The van der Waals surface area contributed by atoms with E-state index in [1.54, 1.807) is 0 Å². The minimum absolute atomic E-state index is 0.318. The molecule has 1 fully saturated rings. The highest BCUT2D eigenvalue weighted by atomic mass is 28.4. The normalized spacial score (nSPS) is 24.1. The van der Waals surface area contributed by atoms with Crippen LogP contribution in [0.2, 0.25) is 18.1 Å². The van der Waals surface area contributed by atoms with E-state index in [9.17, 15) is 0 Å². The van der Waals surface area contributed by atoms with Crippen molar-refractivity contribution in [3.63, 3.8) is 0 Å². The van der Waals surface area contributed by atoms with E-state index in [4.69, 9.17) is 4.43 Å². The second-order valence-corrected chi connectivity index (χ2v) is 12.2. The van der Waals surface area contributed by atoms with Gasteiger partial charge >= 0.3 is 0 Å². The maximum absolute atomic E-state index is 6.39. The van der Waals surface area contributed by atoms with Gasteiger partial charge in [-0.2, -0.15) is 0 Å². The number of hydrogen-bond donors (Lipinski definition) is 0. The van der Waals surface area contributed by atoms with Gasteiger partial charge in [0.05, 0.1) is 0 Å². The molecule has 19 heavy (non-hydrogen) atoms. The Morgan fingerprint density at radius 3 is 2.21 bits per heavy atom. The van der Waals surface area contributed by atoms with Crippen molar-refractivity contribution < 1.29 is 4.43 Å². The molecule has 2 heteroatoms. The van der Waals surface area contributed by atoms with Gasteiger partial charge in [-0.1, -0.05) is 51.1 Å². The zero-order chi connectivity index (χ0) is 14.1. The molecule has 1 aliphatic rings. The standard InChI is InChI=1S/C17H28OSi/c1-17(2,3)19(4,5)18-13-15-11-12-16(15)14-9-7-6-8-10-14/h6-10,15-16H,11-13H2,1-5H3/t15-,16-/m1/s1. The zero-order valence-corrected chi connectivity index (χ0v) is 14.1. The fourth-order valence-corrected chi connectivity index (χ4v) is 3.50. The third-order valence-electron chi connectivity index (χ3n) is 5.11. The molecule has 0 aliphatic heterocycles. The summed E-state index contributed by atoms with van der Waals surface area (Å²) in [7, 11) is -1.58. The lowest BCUT2D eigenvalue weighted by molar-refractivity contribution is 0.140. The van der Waals surface area contributed by atoms with Crippen LogP contribution in [0.15, 0.2) is 30.3 Å². The Labute approximate surface area is 119 Å². The Morgan fingerprint density at radius 1 is 1.11 bits per heavy atom. The van der Waals surface area contributed by atoms with Crippen LogP contribution in [-0.4, -0.2) is 14.9 Å². The lowest BCUT2D eigenvalue weighted by atomic mass is 9.70. The van der Waals surface area contributed by atoms with Crippen molar-refractivity contribution in [1.29, 1.82) is 0 Å². The van der Waals surface area contributed by atoms with E-state index < -0.39 is 8.32 Å². The first-order valence-corrected chi connectivity index (χ1v) is 10.4. The van der Waals surface area contributed by atoms with Crippen molar-refractivity contribution in [2.24, 2.45) is 5.92 Å². The van der Waals surface area contributed by atoms with Crippen molar-refractivity contribution in [3.05, 3.63) is 35.9 Å². The maximum Gasteiger partial charge on any atom is 0.191 e.